The Morgan fingerprint density at radius 1 is 1.24 bits per heavy atom. The second-order valence-corrected chi connectivity index (χ2v) is 3.78. The maximum atomic E-state index is 13.3. The Morgan fingerprint density at radius 3 is 2.65 bits per heavy atom. The lowest BCUT2D eigenvalue weighted by atomic mass is 10.2. The normalized spacial score (nSPS) is 10.3. The molecule has 1 aromatic carbocycles. The fraction of sp³-hybridized carbons (Fsp3) is 0.167. The molecule has 0 spiro atoms. The summed E-state index contributed by atoms with van der Waals surface area (Å²) in [4.78, 5) is 0. The summed E-state index contributed by atoms with van der Waals surface area (Å²) in [7, 11) is 0. The average molecular weight is 253 g/mol. The molecule has 17 heavy (non-hydrogen) atoms. The molecule has 0 unspecified atom stereocenters. The van der Waals surface area contributed by atoms with Crippen molar-refractivity contribution < 1.29 is 9.13 Å². The van der Waals surface area contributed by atoms with Gasteiger partial charge < -0.3 is 4.74 Å². The summed E-state index contributed by atoms with van der Waals surface area (Å²) in [5.74, 6) is 0.683. The van der Waals surface area contributed by atoms with Gasteiger partial charge in [-0.1, -0.05) is 6.07 Å². The zero-order valence-corrected chi connectivity index (χ0v) is 9.91. The van der Waals surface area contributed by atoms with E-state index >= 15 is 0 Å². The van der Waals surface area contributed by atoms with Crippen molar-refractivity contribution in [1.29, 1.82) is 0 Å². The van der Waals surface area contributed by atoms with Crippen molar-refractivity contribution >= 4 is 11.6 Å². The molecule has 0 saturated carbocycles. The highest BCUT2D eigenvalue weighted by Crippen LogP contribution is 2.21. The lowest BCUT2D eigenvalue weighted by Crippen LogP contribution is -1.94. The van der Waals surface area contributed by atoms with Crippen LogP contribution in [0.25, 0.3) is 0 Å². The highest BCUT2D eigenvalue weighted by molar-refractivity contribution is 6.16. The second kappa shape index (κ2) is 5.10. The van der Waals surface area contributed by atoms with Crippen LogP contribution in [-0.4, -0.2) is 10.2 Å². The molecule has 0 atom stereocenters. The van der Waals surface area contributed by atoms with E-state index in [-0.39, 0.29) is 5.82 Å². The molecule has 0 aliphatic heterocycles. The zero-order valence-electron chi connectivity index (χ0n) is 9.15. The van der Waals surface area contributed by atoms with Crippen LogP contribution in [-0.2, 0) is 5.88 Å². The molecular weight excluding hydrogens is 243 g/mol. The Balaban J connectivity index is 2.16. The summed E-state index contributed by atoms with van der Waals surface area (Å²) in [5, 5.41) is 7.65. The first-order chi connectivity index (χ1) is 8.19. The molecule has 2 aromatic rings. The molecule has 0 fully saturated rings. The number of aromatic nitrogens is 2. The lowest BCUT2D eigenvalue weighted by molar-refractivity contribution is 0.449. The van der Waals surface area contributed by atoms with E-state index in [9.17, 15) is 4.39 Å². The van der Waals surface area contributed by atoms with E-state index in [0.717, 1.165) is 0 Å². The van der Waals surface area contributed by atoms with Gasteiger partial charge in [-0.05, 0) is 24.6 Å². The number of benzene rings is 1. The van der Waals surface area contributed by atoms with Gasteiger partial charge in [0.1, 0.15) is 11.6 Å². The summed E-state index contributed by atoms with van der Waals surface area (Å²) in [6.45, 7) is 1.69. The zero-order chi connectivity index (χ0) is 12.3. The van der Waals surface area contributed by atoms with Gasteiger partial charge in [0.2, 0.25) is 5.88 Å². The molecule has 0 bridgehead atoms. The average Bonchev–Trinajstić information content (AvgIpc) is 2.35. The van der Waals surface area contributed by atoms with Crippen LogP contribution in [0.5, 0.6) is 11.6 Å². The van der Waals surface area contributed by atoms with Crippen molar-refractivity contribution in [3.8, 4) is 11.6 Å². The Kier molecular flexibility index (Phi) is 3.54. The van der Waals surface area contributed by atoms with Gasteiger partial charge in [-0.15, -0.1) is 16.7 Å². The van der Waals surface area contributed by atoms with Gasteiger partial charge in [-0.3, -0.25) is 0 Å². The van der Waals surface area contributed by atoms with Crippen LogP contribution in [0.4, 0.5) is 4.39 Å². The van der Waals surface area contributed by atoms with Crippen LogP contribution in [0.2, 0.25) is 0 Å². The van der Waals surface area contributed by atoms with Gasteiger partial charge in [0.05, 0.1) is 11.6 Å². The maximum absolute atomic E-state index is 13.3. The van der Waals surface area contributed by atoms with Gasteiger partial charge >= 0.3 is 0 Å². The third-order valence-corrected chi connectivity index (χ3v) is 2.47. The molecule has 3 nitrogen and oxygen atoms in total. The third kappa shape index (κ3) is 2.91. The van der Waals surface area contributed by atoms with Crippen LogP contribution >= 0.6 is 11.6 Å². The van der Waals surface area contributed by atoms with Crippen molar-refractivity contribution in [2.75, 3.05) is 0 Å². The van der Waals surface area contributed by atoms with Crippen LogP contribution in [0.1, 0.15) is 11.3 Å². The fourth-order valence-corrected chi connectivity index (χ4v) is 1.37. The molecule has 0 radical (unpaired) electrons. The van der Waals surface area contributed by atoms with E-state index in [1.165, 1.54) is 6.07 Å². The summed E-state index contributed by atoms with van der Waals surface area (Å²) in [5.41, 5.74) is 1.23. The quantitative estimate of drug-likeness (QED) is 0.785. The Morgan fingerprint density at radius 2 is 2.06 bits per heavy atom. The van der Waals surface area contributed by atoms with Crippen molar-refractivity contribution in [2.45, 2.75) is 12.8 Å². The van der Waals surface area contributed by atoms with Crippen molar-refractivity contribution in [2.24, 2.45) is 0 Å². The minimum Gasteiger partial charge on any atom is -0.437 e. The number of hydrogen-bond donors (Lipinski definition) is 0. The first-order valence-corrected chi connectivity index (χ1v) is 5.55. The summed E-state index contributed by atoms with van der Waals surface area (Å²) >= 11 is 5.58. The van der Waals surface area contributed by atoms with Gasteiger partial charge in [0.25, 0.3) is 0 Å². The number of ether oxygens (including phenoxy) is 1. The van der Waals surface area contributed by atoms with E-state index in [1.807, 2.05) is 0 Å². The van der Waals surface area contributed by atoms with Crippen molar-refractivity contribution in [3.05, 3.63) is 47.4 Å². The number of alkyl halides is 1. The molecule has 0 N–H and O–H groups in total. The molecule has 88 valence electrons. The van der Waals surface area contributed by atoms with Gasteiger partial charge in [0, 0.05) is 12.1 Å². The lowest BCUT2D eigenvalue weighted by Gasteiger charge is -2.05. The van der Waals surface area contributed by atoms with E-state index in [4.69, 9.17) is 16.3 Å². The number of aryl methyl sites for hydroxylation is 1. The van der Waals surface area contributed by atoms with Crippen LogP contribution in [0, 0.1) is 12.7 Å². The predicted molar refractivity (Wildman–Crippen MR) is 62.8 cm³/mol. The van der Waals surface area contributed by atoms with E-state index in [2.05, 4.69) is 10.2 Å². The fourth-order valence-electron chi connectivity index (χ4n) is 1.23. The molecular formula is C12H10ClFN2O. The number of hydrogen-bond acceptors (Lipinski definition) is 3. The Bertz CT molecular complexity index is 516. The Labute approximate surface area is 103 Å². The summed E-state index contributed by atoms with van der Waals surface area (Å²) < 4.78 is 18.6. The van der Waals surface area contributed by atoms with Crippen LogP contribution < -0.4 is 4.74 Å². The molecule has 0 aliphatic carbocycles. The first kappa shape index (κ1) is 11.8. The highest BCUT2D eigenvalue weighted by Gasteiger charge is 2.03. The van der Waals surface area contributed by atoms with Crippen LogP contribution in [0.15, 0.2) is 30.3 Å². The van der Waals surface area contributed by atoms with Gasteiger partial charge in [-0.2, -0.15) is 5.10 Å². The monoisotopic (exact) mass is 252 g/mol. The topological polar surface area (TPSA) is 35.0 Å². The molecule has 0 saturated heterocycles. The predicted octanol–water partition coefficient (Wildman–Crippen LogP) is 3.46. The number of rotatable bonds is 3. The third-order valence-electron chi connectivity index (χ3n) is 2.20. The molecule has 0 aliphatic rings. The van der Waals surface area contributed by atoms with E-state index in [0.29, 0.717) is 28.8 Å². The minimum absolute atomic E-state index is 0.298. The molecule has 1 aromatic heterocycles. The van der Waals surface area contributed by atoms with Crippen LogP contribution in [0.3, 0.4) is 0 Å². The standard InChI is InChI=1S/C12H10ClFN2O/c1-8-2-4-10(6-11(8)14)17-12-5-3-9(7-13)15-16-12/h2-6H,7H2,1H3. The number of nitrogens with zero attached hydrogens (tertiary/aromatic N) is 2. The molecule has 5 heteroatoms. The SMILES string of the molecule is Cc1ccc(Oc2ccc(CCl)nn2)cc1F. The summed E-state index contributed by atoms with van der Waals surface area (Å²) in [6.07, 6.45) is 0. The molecule has 2 rings (SSSR count). The first-order valence-electron chi connectivity index (χ1n) is 5.01. The minimum atomic E-state index is -0.312. The van der Waals surface area contributed by atoms with Crippen molar-refractivity contribution in [3.63, 3.8) is 0 Å². The largest absolute Gasteiger partial charge is 0.437 e. The van der Waals surface area contributed by atoms with E-state index in [1.54, 1.807) is 31.2 Å². The molecule has 1 heterocycles. The van der Waals surface area contributed by atoms with Crippen molar-refractivity contribution in [1.82, 2.24) is 10.2 Å². The van der Waals surface area contributed by atoms with Gasteiger partial charge in [-0.25, -0.2) is 4.39 Å². The highest BCUT2D eigenvalue weighted by atomic mass is 35.5. The molecule has 0 amide bonds. The summed E-state index contributed by atoms with van der Waals surface area (Å²) in [6, 6.07) is 7.98. The number of halogens is 2. The smallest absolute Gasteiger partial charge is 0.238 e. The second-order valence-electron chi connectivity index (χ2n) is 3.51. The van der Waals surface area contributed by atoms with Gasteiger partial charge in [0.15, 0.2) is 0 Å². The maximum Gasteiger partial charge on any atom is 0.238 e. The van der Waals surface area contributed by atoms with E-state index < -0.39 is 0 Å². The Hall–Kier alpha value is -1.68.